The summed E-state index contributed by atoms with van der Waals surface area (Å²) < 4.78 is 34.1. The minimum atomic E-state index is -5.17. The monoisotopic (exact) mass is 189 g/mol. The molecule has 0 rings (SSSR count). The molecule has 32 valence electrons. The van der Waals surface area contributed by atoms with Gasteiger partial charge in [0, 0.05) is 10.4 Å². The van der Waals surface area contributed by atoms with Gasteiger partial charge in [0.2, 0.25) is 0 Å². The molecule has 0 aliphatic heterocycles. The fraction of sp³-hybridized carbons (Fsp3) is 0. The van der Waals surface area contributed by atoms with Gasteiger partial charge in [0.1, 0.15) is 0 Å². The van der Waals surface area contributed by atoms with E-state index in [1.807, 2.05) is 0 Å². The van der Waals surface area contributed by atoms with Crippen LogP contribution in [0.5, 0.6) is 0 Å². The normalized spacial score (nSPS) is 7.25. The standard InChI is InChI=1S/2Al.K.H2O4S/c;;;1-5(2,3)4/h;;;(H2,1,2,3,4)/q2*+3;+1;/p-2. The second-order valence-corrected chi connectivity index (χ2v) is 1.22. The van der Waals surface area contributed by atoms with Gasteiger partial charge in [-0.2, -0.15) is 0 Å². The molecule has 0 saturated carbocycles. The zero-order valence-electron chi connectivity index (χ0n) is 4.20. The molecule has 0 aromatic heterocycles. The van der Waals surface area contributed by atoms with Gasteiger partial charge in [-0.3, -0.25) is 8.42 Å². The Morgan fingerprint density at radius 1 is 1.00 bits per heavy atom. The van der Waals surface area contributed by atoms with Crippen LogP contribution in [0.3, 0.4) is 0 Å². The third kappa shape index (κ3) is 74.3. The third-order valence-corrected chi connectivity index (χ3v) is 0. The van der Waals surface area contributed by atoms with Crippen LogP contribution in [0.1, 0.15) is 0 Å². The van der Waals surface area contributed by atoms with E-state index in [1.54, 1.807) is 0 Å². The Bertz CT molecular complexity index is 97.2. The first kappa shape index (κ1) is 22.4. The van der Waals surface area contributed by atoms with Crippen LogP contribution in [-0.2, 0) is 10.4 Å². The molecule has 8 heavy (non-hydrogen) atoms. The summed E-state index contributed by atoms with van der Waals surface area (Å²) in [5.41, 5.74) is 0. The predicted octanol–water partition coefficient (Wildman–Crippen LogP) is -5.10. The summed E-state index contributed by atoms with van der Waals surface area (Å²) in [6, 6.07) is 0. The molecule has 0 aromatic rings. The molecular formula is Al2KO4S+5. The molecule has 4 nitrogen and oxygen atoms in total. The molecule has 0 heterocycles. The summed E-state index contributed by atoms with van der Waals surface area (Å²) in [6.45, 7) is 0. The molecule has 0 bridgehead atoms. The SMILES string of the molecule is O=S(=O)([O-])[O-].[Al+3].[Al+3].[K+]. The van der Waals surface area contributed by atoms with Crippen molar-refractivity contribution in [2.24, 2.45) is 0 Å². The maximum absolute atomic E-state index is 8.52. The Labute approximate surface area is 112 Å². The molecule has 0 atom stereocenters. The topological polar surface area (TPSA) is 80.3 Å². The van der Waals surface area contributed by atoms with Crippen molar-refractivity contribution in [3.8, 4) is 0 Å². The number of hydrogen-bond donors (Lipinski definition) is 0. The van der Waals surface area contributed by atoms with Crippen molar-refractivity contribution in [3.63, 3.8) is 0 Å². The summed E-state index contributed by atoms with van der Waals surface area (Å²) in [5, 5.41) is 0. The van der Waals surface area contributed by atoms with Gasteiger partial charge in [-0.25, -0.2) is 0 Å². The summed E-state index contributed by atoms with van der Waals surface area (Å²) >= 11 is 0. The molecular weight excluding hydrogens is 189 g/mol. The Morgan fingerprint density at radius 3 is 1.00 bits per heavy atom. The van der Waals surface area contributed by atoms with Crippen molar-refractivity contribution in [2.45, 2.75) is 0 Å². The first-order chi connectivity index (χ1) is 2.00. The van der Waals surface area contributed by atoms with Gasteiger partial charge in [-0.05, 0) is 0 Å². The fourth-order valence-corrected chi connectivity index (χ4v) is 0. The molecule has 0 aliphatic rings. The largest absolute Gasteiger partial charge is 3.00 e. The van der Waals surface area contributed by atoms with Gasteiger partial charge in [0.05, 0.1) is 0 Å². The van der Waals surface area contributed by atoms with E-state index in [-0.39, 0.29) is 86.1 Å². The molecule has 0 aromatic carbocycles. The van der Waals surface area contributed by atoms with E-state index < -0.39 is 10.4 Å². The van der Waals surface area contributed by atoms with E-state index in [0.717, 1.165) is 0 Å². The number of rotatable bonds is 0. The van der Waals surface area contributed by atoms with Crippen LogP contribution in [0.4, 0.5) is 0 Å². The second kappa shape index (κ2) is 9.57. The Morgan fingerprint density at radius 2 is 1.00 bits per heavy atom. The Kier molecular flexibility index (Phi) is 26.8. The van der Waals surface area contributed by atoms with Crippen LogP contribution in [0.15, 0.2) is 0 Å². The maximum Gasteiger partial charge on any atom is 3.00 e. The minimum absolute atomic E-state index is 0. The van der Waals surface area contributed by atoms with Crippen LogP contribution in [0.2, 0.25) is 0 Å². The third-order valence-electron chi connectivity index (χ3n) is 0. The van der Waals surface area contributed by atoms with Gasteiger partial charge in [0.15, 0.2) is 0 Å². The fourth-order valence-electron chi connectivity index (χ4n) is 0. The van der Waals surface area contributed by atoms with Gasteiger partial charge >= 0.3 is 86.1 Å². The molecule has 0 saturated heterocycles. The smallest absolute Gasteiger partial charge is 0.759 e. The van der Waals surface area contributed by atoms with Crippen molar-refractivity contribution in [2.75, 3.05) is 0 Å². The molecule has 0 amide bonds. The molecule has 0 spiro atoms. The first-order valence-electron chi connectivity index (χ1n) is 0.667. The Balaban J connectivity index is -0.0000000267. The predicted molar refractivity (Wildman–Crippen MR) is 22.0 cm³/mol. The van der Waals surface area contributed by atoms with Gasteiger partial charge in [-0.1, -0.05) is 0 Å². The molecule has 0 unspecified atom stereocenters. The Hall–Kier alpha value is 2.57. The van der Waals surface area contributed by atoms with Crippen LogP contribution in [-0.4, -0.2) is 52.2 Å². The average Bonchev–Trinajstić information content (AvgIpc) is 0.722. The average molecular weight is 189 g/mol. The molecule has 0 fully saturated rings. The summed E-state index contributed by atoms with van der Waals surface area (Å²) in [5.74, 6) is 0. The van der Waals surface area contributed by atoms with Crippen LogP contribution in [0.25, 0.3) is 0 Å². The molecule has 0 radical (unpaired) electrons. The van der Waals surface area contributed by atoms with Crippen LogP contribution < -0.4 is 51.4 Å². The van der Waals surface area contributed by atoms with Crippen molar-refractivity contribution in [1.82, 2.24) is 0 Å². The molecule has 0 aliphatic carbocycles. The molecule has 0 N–H and O–H groups in total. The number of hydrogen-bond acceptors (Lipinski definition) is 4. The molecule has 8 heteroatoms. The van der Waals surface area contributed by atoms with Crippen LogP contribution >= 0.6 is 0 Å². The van der Waals surface area contributed by atoms with Gasteiger partial charge in [-0.15, -0.1) is 0 Å². The second-order valence-electron chi connectivity index (χ2n) is 0.408. The first-order valence-corrected chi connectivity index (χ1v) is 2.00. The van der Waals surface area contributed by atoms with E-state index in [1.165, 1.54) is 0 Å². The van der Waals surface area contributed by atoms with Crippen LogP contribution in [0, 0.1) is 0 Å². The quantitative estimate of drug-likeness (QED) is 0.217. The van der Waals surface area contributed by atoms with Crippen molar-refractivity contribution in [3.05, 3.63) is 0 Å². The van der Waals surface area contributed by atoms with Gasteiger partial charge < -0.3 is 9.11 Å². The van der Waals surface area contributed by atoms with E-state index >= 15 is 0 Å². The zero-order chi connectivity index (χ0) is 4.50. The summed E-state index contributed by atoms with van der Waals surface area (Å²) in [4.78, 5) is 0. The van der Waals surface area contributed by atoms with Crippen molar-refractivity contribution >= 4 is 45.1 Å². The maximum atomic E-state index is 8.52. The van der Waals surface area contributed by atoms with Gasteiger partial charge in [0.25, 0.3) is 0 Å². The van der Waals surface area contributed by atoms with Crippen molar-refractivity contribution < 1.29 is 68.9 Å². The zero-order valence-corrected chi connectivity index (χ0v) is 10.4. The van der Waals surface area contributed by atoms with E-state index in [9.17, 15) is 0 Å². The van der Waals surface area contributed by atoms with E-state index in [4.69, 9.17) is 17.5 Å². The van der Waals surface area contributed by atoms with E-state index in [0.29, 0.717) is 0 Å². The summed E-state index contributed by atoms with van der Waals surface area (Å²) in [6.07, 6.45) is 0. The summed E-state index contributed by atoms with van der Waals surface area (Å²) in [7, 11) is -5.17. The van der Waals surface area contributed by atoms with Crippen molar-refractivity contribution in [1.29, 1.82) is 0 Å². The van der Waals surface area contributed by atoms with E-state index in [2.05, 4.69) is 0 Å². The minimum Gasteiger partial charge on any atom is -0.759 e.